The van der Waals surface area contributed by atoms with Crippen LogP contribution >= 0.6 is 0 Å². The van der Waals surface area contributed by atoms with Crippen LogP contribution in [0.4, 0.5) is 0 Å². The summed E-state index contributed by atoms with van der Waals surface area (Å²) in [5, 5.41) is 10.8. The van der Waals surface area contributed by atoms with E-state index in [-0.39, 0.29) is 0 Å². The Labute approximate surface area is 111 Å². The predicted octanol–water partition coefficient (Wildman–Crippen LogP) is 4.29. The monoisotopic (exact) mass is 246 g/mol. The minimum absolute atomic E-state index is 0.427. The Morgan fingerprint density at radius 3 is 2.44 bits per heavy atom. The average molecular weight is 246 g/mol. The number of hydrogen-bond acceptors (Lipinski definition) is 1. The van der Waals surface area contributed by atoms with E-state index in [1.54, 1.807) is 0 Å². The Balaban J connectivity index is 2.08. The van der Waals surface area contributed by atoms with E-state index in [1.165, 1.54) is 30.4 Å². The highest BCUT2D eigenvalue weighted by Crippen LogP contribution is 2.36. The molecule has 1 aromatic rings. The van der Waals surface area contributed by atoms with Crippen LogP contribution in [0.15, 0.2) is 24.3 Å². The molecule has 0 aromatic heterocycles. The Morgan fingerprint density at radius 2 is 1.89 bits per heavy atom. The maximum Gasteiger partial charge on any atom is 0.0713 e. The molecule has 18 heavy (non-hydrogen) atoms. The van der Waals surface area contributed by atoms with Crippen molar-refractivity contribution in [2.24, 2.45) is 5.92 Å². The summed E-state index contributed by atoms with van der Waals surface area (Å²) in [4.78, 5) is 0. The van der Waals surface area contributed by atoms with Crippen LogP contribution in [0.25, 0.3) is 0 Å². The second-order valence-electron chi connectivity index (χ2n) is 6.32. The number of rotatable bonds is 3. The van der Waals surface area contributed by atoms with Gasteiger partial charge in [0.15, 0.2) is 0 Å². The summed E-state index contributed by atoms with van der Waals surface area (Å²) in [5.74, 6) is 1.01. The van der Waals surface area contributed by atoms with Gasteiger partial charge in [0.2, 0.25) is 0 Å². The van der Waals surface area contributed by atoms with Gasteiger partial charge in [-0.15, -0.1) is 0 Å². The van der Waals surface area contributed by atoms with Crippen molar-refractivity contribution in [1.82, 2.24) is 0 Å². The molecule has 0 heterocycles. The summed E-state index contributed by atoms with van der Waals surface area (Å²) >= 11 is 0. The average Bonchev–Trinajstić information content (AvgIpc) is 2.34. The van der Waals surface area contributed by atoms with Crippen molar-refractivity contribution in [1.29, 1.82) is 0 Å². The van der Waals surface area contributed by atoms with Crippen molar-refractivity contribution in [2.75, 3.05) is 0 Å². The zero-order chi connectivity index (χ0) is 13.2. The summed E-state index contributed by atoms with van der Waals surface area (Å²) in [6.45, 7) is 6.62. The van der Waals surface area contributed by atoms with Gasteiger partial charge < -0.3 is 5.11 Å². The molecule has 1 saturated carbocycles. The summed E-state index contributed by atoms with van der Waals surface area (Å²) in [5.41, 5.74) is 2.18. The third-order valence-electron chi connectivity index (χ3n) is 4.57. The molecule has 2 unspecified atom stereocenters. The van der Waals surface area contributed by atoms with Gasteiger partial charge in [-0.25, -0.2) is 0 Å². The molecule has 1 aliphatic rings. The van der Waals surface area contributed by atoms with Gasteiger partial charge in [-0.05, 0) is 35.8 Å². The minimum Gasteiger partial charge on any atom is -0.389 e. The summed E-state index contributed by atoms with van der Waals surface area (Å²) in [6, 6.07) is 8.79. The van der Waals surface area contributed by atoms with E-state index in [4.69, 9.17) is 0 Å². The fourth-order valence-electron chi connectivity index (χ4n) is 3.03. The topological polar surface area (TPSA) is 20.2 Å². The van der Waals surface area contributed by atoms with Crippen LogP contribution in [0.2, 0.25) is 0 Å². The van der Waals surface area contributed by atoms with Crippen molar-refractivity contribution in [3.63, 3.8) is 0 Å². The fourth-order valence-corrected chi connectivity index (χ4v) is 3.03. The molecule has 1 N–H and O–H groups in total. The standard InChI is InChI=1S/C17H26O/c1-13(2)16-9-7-15(8-10-16)12-17(18)11-5-4-6-14(17)3/h7-10,13-14,18H,4-6,11-12H2,1-3H3. The second-order valence-corrected chi connectivity index (χ2v) is 6.32. The van der Waals surface area contributed by atoms with Crippen LogP contribution < -0.4 is 0 Å². The molecular formula is C17H26O. The van der Waals surface area contributed by atoms with Gasteiger partial charge in [0.1, 0.15) is 0 Å². The molecule has 1 fully saturated rings. The quantitative estimate of drug-likeness (QED) is 0.843. The first-order chi connectivity index (χ1) is 8.51. The third-order valence-corrected chi connectivity index (χ3v) is 4.57. The lowest BCUT2D eigenvalue weighted by molar-refractivity contribution is -0.0405. The largest absolute Gasteiger partial charge is 0.389 e. The minimum atomic E-state index is -0.475. The Morgan fingerprint density at radius 1 is 1.22 bits per heavy atom. The molecule has 2 atom stereocenters. The highest BCUT2D eigenvalue weighted by atomic mass is 16.3. The van der Waals surface area contributed by atoms with E-state index in [2.05, 4.69) is 45.0 Å². The highest BCUT2D eigenvalue weighted by Gasteiger charge is 2.35. The van der Waals surface area contributed by atoms with E-state index < -0.39 is 5.60 Å². The molecule has 0 spiro atoms. The highest BCUT2D eigenvalue weighted by molar-refractivity contribution is 5.26. The maximum absolute atomic E-state index is 10.8. The number of benzene rings is 1. The van der Waals surface area contributed by atoms with Gasteiger partial charge in [-0.2, -0.15) is 0 Å². The Bertz CT molecular complexity index is 379. The second kappa shape index (κ2) is 5.44. The maximum atomic E-state index is 10.8. The zero-order valence-corrected chi connectivity index (χ0v) is 11.9. The first kappa shape index (κ1) is 13.6. The molecule has 0 radical (unpaired) electrons. The first-order valence-corrected chi connectivity index (χ1v) is 7.32. The van der Waals surface area contributed by atoms with Crippen LogP contribution in [0, 0.1) is 5.92 Å². The van der Waals surface area contributed by atoms with Crippen molar-refractivity contribution in [2.45, 2.75) is 64.4 Å². The molecule has 1 aliphatic carbocycles. The van der Waals surface area contributed by atoms with Crippen LogP contribution in [0.5, 0.6) is 0 Å². The van der Waals surface area contributed by atoms with Crippen LogP contribution in [0.1, 0.15) is 63.5 Å². The SMILES string of the molecule is CC(C)c1ccc(CC2(O)CCCCC2C)cc1. The van der Waals surface area contributed by atoms with Gasteiger partial charge in [0, 0.05) is 6.42 Å². The molecule has 100 valence electrons. The lowest BCUT2D eigenvalue weighted by Crippen LogP contribution is -2.41. The number of aliphatic hydroxyl groups is 1. The van der Waals surface area contributed by atoms with Gasteiger partial charge in [0.25, 0.3) is 0 Å². The molecule has 1 nitrogen and oxygen atoms in total. The van der Waals surface area contributed by atoms with E-state index in [0.29, 0.717) is 11.8 Å². The molecule has 2 rings (SSSR count). The van der Waals surface area contributed by atoms with E-state index in [9.17, 15) is 5.11 Å². The van der Waals surface area contributed by atoms with Gasteiger partial charge in [-0.1, -0.05) is 57.9 Å². The molecule has 0 aliphatic heterocycles. The van der Waals surface area contributed by atoms with Gasteiger partial charge >= 0.3 is 0 Å². The van der Waals surface area contributed by atoms with Crippen LogP contribution in [0.3, 0.4) is 0 Å². The molecule has 0 bridgehead atoms. The smallest absolute Gasteiger partial charge is 0.0713 e. The number of hydrogen-bond donors (Lipinski definition) is 1. The fraction of sp³-hybridized carbons (Fsp3) is 0.647. The molecule has 1 aromatic carbocycles. The Kier molecular flexibility index (Phi) is 4.11. The first-order valence-electron chi connectivity index (χ1n) is 7.32. The zero-order valence-electron chi connectivity index (χ0n) is 11.9. The third kappa shape index (κ3) is 2.95. The van der Waals surface area contributed by atoms with Crippen LogP contribution in [-0.4, -0.2) is 10.7 Å². The van der Waals surface area contributed by atoms with E-state index >= 15 is 0 Å². The summed E-state index contributed by atoms with van der Waals surface area (Å²) in [6.07, 6.45) is 5.38. The normalized spacial score (nSPS) is 28.6. The summed E-state index contributed by atoms with van der Waals surface area (Å²) < 4.78 is 0. The van der Waals surface area contributed by atoms with Crippen molar-refractivity contribution >= 4 is 0 Å². The van der Waals surface area contributed by atoms with Crippen molar-refractivity contribution < 1.29 is 5.11 Å². The molecule has 0 saturated heterocycles. The summed E-state index contributed by atoms with van der Waals surface area (Å²) in [7, 11) is 0. The van der Waals surface area contributed by atoms with Crippen molar-refractivity contribution in [3.8, 4) is 0 Å². The molecular weight excluding hydrogens is 220 g/mol. The van der Waals surface area contributed by atoms with Crippen LogP contribution in [-0.2, 0) is 6.42 Å². The van der Waals surface area contributed by atoms with E-state index in [0.717, 1.165) is 12.8 Å². The lowest BCUT2D eigenvalue weighted by atomic mass is 9.73. The Hall–Kier alpha value is -0.820. The van der Waals surface area contributed by atoms with E-state index in [1.807, 2.05) is 0 Å². The van der Waals surface area contributed by atoms with Gasteiger partial charge in [-0.3, -0.25) is 0 Å². The lowest BCUT2D eigenvalue weighted by Gasteiger charge is -2.38. The van der Waals surface area contributed by atoms with Gasteiger partial charge in [0.05, 0.1) is 5.60 Å². The molecule has 1 heteroatoms. The van der Waals surface area contributed by atoms with Crippen molar-refractivity contribution in [3.05, 3.63) is 35.4 Å². The predicted molar refractivity (Wildman–Crippen MR) is 76.8 cm³/mol. The molecule has 0 amide bonds.